The highest BCUT2D eigenvalue weighted by molar-refractivity contribution is 5.76. The van der Waals surface area contributed by atoms with Gasteiger partial charge in [0.1, 0.15) is 11.6 Å². The highest BCUT2D eigenvalue weighted by Crippen LogP contribution is 2.40. The van der Waals surface area contributed by atoms with Crippen LogP contribution in [0.25, 0.3) is 11.0 Å². The molecule has 216 valence electrons. The minimum Gasteiger partial charge on any atom is -0.493 e. The van der Waals surface area contributed by atoms with E-state index in [1.165, 1.54) is 17.7 Å². The second-order valence-corrected chi connectivity index (χ2v) is 11.3. The number of halogens is 1. The third-order valence-electron chi connectivity index (χ3n) is 9.00. The molecule has 0 bridgehead atoms. The lowest BCUT2D eigenvalue weighted by Gasteiger charge is -2.44. The molecule has 2 N–H and O–H groups in total. The van der Waals surface area contributed by atoms with E-state index in [9.17, 15) is 9.50 Å². The highest BCUT2D eigenvalue weighted by Gasteiger charge is 2.41. The van der Waals surface area contributed by atoms with Crippen LogP contribution in [-0.2, 0) is 6.54 Å². The summed E-state index contributed by atoms with van der Waals surface area (Å²) < 4.78 is 27.0. The van der Waals surface area contributed by atoms with Crippen molar-refractivity contribution < 1.29 is 19.0 Å². The average molecular weight is 559 g/mol. The fraction of sp³-hybridized carbons (Fsp3) is 0.424. The molecule has 0 aliphatic carbocycles. The van der Waals surface area contributed by atoms with Crippen LogP contribution >= 0.6 is 0 Å². The standard InChI is InChI=1S/C33H39FN4O3/c1-21(32-26(14-16-35-32)23-10-13-30(40-2)31(18-23)41-3)37-17-15-25(39)19-29(37)33-36-27-6-4-5-7-28(27)38(33)20-22-8-11-24(34)12-9-22/h4-13,18,21,25-26,29,32,35,39H,14-17,19-20H2,1-3H3. The number of nitrogens with one attached hydrogen (secondary N) is 1. The Morgan fingerprint density at radius 3 is 2.59 bits per heavy atom. The minimum absolute atomic E-state index is 0.0601. The predicted octanol–water partition coefficient (Wildman–Crippen LogP) is 5.27. The van der Waals surface area contributed by atoms with Crippen LogP contribution in [-0.4, -0.2) is 65.1 Å². The van der Waals surface area contributed by atoms with E-state index in [2.05, 4.69) is 39.9 Å². The van der Waals surface area contributed by atoms with Crippen molar-refractivity contribution in [3.63, 3.8) is 0 Å². The maximum Gasteiger partial charge on any atom is 0.160 e. The Morgan fingerprint density at radius 1 is 1.02 bits per heavy atom. The van der Waals surface area contributed by atoms with Gasteiger partial charge in [0.2, 0.25) is 0 Å². The van der Waals surface area contributed by atoms with E-state index < -0.39 is 0 Å². The second kappa shape index (κ2) is 11.8. The molecule has 0 radical (unpaired) electrons. The van der Waals surface area contributed by atoms with E-state index in [0.29, 0.717) is 18.9 Å². The molecule has 41 heavy (non-hydrogen) atoms. The predicted molar refractivity (Wildman–Crippen MR) is 158 cm³/mol. The van der Waals surface area contributed by atoms with Crippen LogP contribution in [0.1, 0.15) is 55.1 Å². The van der Waals surface area contributed by atoms with E-state index >= 15 is 0 Å². The van der Waals surface area contributed by atoms with E-state index in [1.807, 2.05) is 36.4 Å². The van der Waals surface area contributed by atoms with E-state index in [0.717, 1.165) is 59.9 Å². The van der Waals surface area contributed by atoms with Crippen LogP contribution in [0.2, 0.25) is 0 Å². The number of ether oxygens (including phenoxy) is 2. The van der Waals surface area contributed by atoms with E-state index in [1.54, 1.807) is 14.2 Å². The fourth-order valence-corrected chi connectivity index (χ4v) is 6.89. The number of methoxy groups -OCH3 is 2. The van der Waals surface area contributed by atoms with Crippen LogP contribution in [0, 0.1) is 5.82 Å². The number of para-hydroxylation sites is 2. The van der Waals surface area contributed by atoms with Gasteiger partial charge in [-0.2, -0.15) is 0 Å². The lowest BCUT2D eigenvalue weighted by Crippen LogP contribution is -2.52. The van der Waals surface area contributed by atoms with Crippen molar-refractivity contribution in [1.82, 2.24) is 19.8 Å². The summed E-state index contributed by atoms with van der Waals surface area (Å²) in [5.41, 5.74) is 4.22. The molecule has 3 heterocycles. The Hall–Kier alpha value is -3.46. The minimum atomic E-state index is -0.388. The van der Waals surface area contributed by atoms with Gasteiger partial charge in [0, 0.05) is 31.1 Å². The van der Waals surface area contributed by atoms with Crippen molar-refractivity contribution in [1.29, 1.82) is 0 Å². The summed E-state index contributed by atoms with van der Waals surface area (Å²) in [5, 5.41) is 14.7. The third-order valence-corrected chi connectivity index (χ3v) is 9.00. The number of aliphatic hydroxyl groups excluding tert-OH is 1. The third kappa shape index (κ3) is 5.44. The summed E-state index contributed by atoms with van der Waals surface area (Å²) in [5.74, 6) is 2.50. The van der Waals surface area contributed by atoms with Crippen molar-refractivity contribution in [2.75, 3.05) is 27.3 Å². The lowest BCUT2D eigenvalue weighted by molar-refractivity contribution is 0.00655. The number of likely N-dealkylation sites (tertiary alicyclic amines) is 1. The Balaban J connectivity index is 1.35. The topological polar surface area (TPSA) is 71.8 Å². The number of nitrogens with zero attached hydrogens (tertiary/aromatic N) is 3. The molecule has 2 aliphatic heterocycles. The first-order valence-electron chi connectivity index (χ1n) is 14.6. The molecule has 2 aliphatic rings. The number of hydrogen-bond acceptors (Lipinski definition) is 6. The average Bonchev–Trinajstić information content (AvgIpc) is 3.63. The molecule has 2 saturated heterocycles. The number of piperidine rings is 1. The maximum absolute atomic E-state index is 13.7. The largest absolute Gasteiger partial charge is 0.493 e. The molecule has 6 rings (SSSR count). The zero-order valence-corrected chi connectivity index (χ0v) is 24.0. The Kier molecular flexibility index (Phi) is 7.97. The molecule has 3 aromatic carbocycles. The SMILES string of the molecule is COc1ccc(C2CCNC2C(C)N2CCC(O)CC2c2nc3ccccc3n2Cc2ccc(F)cc2)cc1OC. The van der Waals surface area contributed by atoms with E-state index in [4.69, 9.17) is 14.5 Å². The first-order valence-corrected chi connectivity index (χ1v) is 14.6. The number of hydrogen-bond donors (Lipinski definition) is 2. The van der Waals surface area contributed by atoms with Gasteiger partial charge in [-0.15, -0.1) is 0 Å². The smallest absolute Gasteiger partial charge is 0.160 e. The lowest BCUT2D eigenvalue weighted by atomic mass is 9.85. The van der Waals surface area contributed by atoms with Gasteiger partial charge < -0.3 is 24.5 Å². The Labute approximate surface area is 240 Å². The first kappa shape index (κ1) is 27.7. The first-order chi connectivity index (χ1) is 20.0. The molecule has 7 nitrogen and oxygen atoms in total. The van der Waals surface area contributed by atoms with Crippen molar-refractivity contribution in [3.05, 3.63) is 89.5 Å². The van der Waals surface area contributed by atoms with Crippen LogP contribution in [0.3, 0.4) is 0 Å². The molecule has 8 heteroatoms. The molecule has 1 aromatic heterocycles. The van der Waals surface area contributed by atoms with Crippen LogP contribution in [0.15, 0.2) is 66.7 Å². The fourth-order valence-electron chi connectivity index (χ4n) is 6.89. The molecule has 5 atom stereocenters. The summed E-state index contributed by atoms with van der Waals surface area (Å²) in [7, 11) is 3.34. The van der Waals surface area contributed by atoms with Gasteiger partial charge in [0.05, 0.1) is 37.4 Å². The monoisotopic (exact) mass is 558 g/mol. The normalized spacial score (nSPS) is 24.0. The molecule has 0 spiro atoms. The number of rotatable bonds is 8. The molecule has 0 saturated carbocycles. The van der Waals surface area contributed by atoms with Crippen molar-refractivity contribution >= 4 is 11.0 Å². The van der Waals surface area contributed by atoms with Gasteiger partial charge in [0.15, 0.2) is 11.5 Å². The van der Waals surface area contributed by atoms with Crippen LogP contribution in [0.5, 0.6) is 11.5 Å². The highest BCUT2D eigenvalue weighted by atomic mass is 19.1. The molecule has 4 aromatic rings. The number of aliphatic hydroxyl groups is 1. The zero-order chi connectivity index (χ0) is 28.5. The summed E-state index contributed by atoms with van der Waals surface area (Å²) in [4.78, 5) is 7.68. The molecule has 5 unspecified atom stereocenters. The summed E-state index contributed by atoms with van der Waals surface area (Å²) >= 11 is 0. The van der Waals surface area contributed by atoms with Crippen molar-refractivity contribution in [2.24, 2.45) is 0 Å². The number of fused-ring (bicyclic) bond motifs is 1. The van der Waals surface area contributed by atoms with Gasteiger partial charge in [-0.3, -0.25) is 4.90 Å². The van der Waals surface area contributed by atoms with Gasteiger partial charge in [0.25, 0.3) is 0 Å². The quantitative estimate of drug-likeness (QED) is 0.307. The van der Waals surface area contributed by atoms with Crippen LogP contribution in [0.4, 0.5) is 4.39 Å². The van der Waals surface area contributed by atoms with Crippen molar-refractivity contribution in [3.8, 4) is 11.5 Å². The Bertz CT molecular complexity index is 1490. The second-order valence-electron chi connectivity index (χ2n) is 11.3. The maximum atomic E-state index is 13.7. The molecule has 2 fully saturated rings. The molecular formula is C33H39FN4O3. The molecule has 0 amide bonds. The van der Waals surface area contributed by atoms with Gasteiger partial charge >= 0.3 is 0 Å². The zero-order valence-electron chi connectivity index (χ0n) is 24.0. The number of imidazole rings is 1. The van der Waals surface area contributed by atoms with Gasteiger partial charge in [-0.25, -0.2) is 9.37 Å². The Morgan fingerprint density at radius 2 is 1.80 bits per heavy atom. The van der Waals surface area contributed by atoms with Crippen molar-refractivity contribution in [2.45, 2.75) is 62.9 Å². The number of benzene rings is 3. The summed E-state index contributed by atoms with van der Waals surface area (Å²) in [6, 6.07) is 21.4. The van der Waals surface area contributed by atoms with E-state index in [-0.39, 0.29) is 30.0 Å². The molecular weight excluding hydrogens is 519 g/mol. The van der Waals surface area contributed by atoms with Crippen LogP contribution < -0.4 is 14.8 Å². The number of aromatic nitrogens is 2. The summed E-state index contributed by atoms with van der Waals surface area (Å²) in [6.45, 7) is 4.61. The van der Waals surface area contributed by atoms with Gasteiger partial charge in [-0.05, 0) is 80.3 Å². The summed E-state index contributed by atoms with van der Waals surface area (Å²) in [6.07, 6.45) is 1.99. The van der Waals surface area contributed by atoms with Gasteiger partial charge in [-0.1, -0.05) is 30.3 Å².